The van der Waals surface area contributed by atoms with Crippen LogP contribution in [0, 0.1) is 0 Å². The molecule has 2 aromatic carbocycles. The lowest BCUT2D eigenvalue weighted by Gasteiger charge is -2.15. The van der Waals surface area contributed by atoms with Crippen molar-refractivity contribution >= 4 is 5.97 Å². The molecule has 1 atom stereocenters. The Morgan fingerprint density at radius 3 is 2.25 bits per heavy atom. The van der Waals surface area contributed by atoms with Crippen LogP contribution in [0.15, 0.2) is 54.6 Å². The van der Waals surface area contributed by atoms with Gasteiger partial charge in [0.15, 0.2) is 0 Å². The molecule has 4 nitrogen and oxygen atoms in total. The maximum atomic E-state index is 10.6. The Morgan fingerprint density at radius 1 is 1.05 bits per heavy atom. The van der Waals surface area contributed by atoms with Crippen LogP contribution in [0.2, 0.25) is 0 Å². The minimum Gasteiger partial charge on any atom is -0.546 e. The first kappa shape index (κ1) is 13.9. The van der Waals surface area contributed by atoms with E-state index in [-0.39, 0.29) is 0 Å². The number of carbonyl (C=O) groups is 1. The summed E-state index contributed by atoms with van der Waals surface area (Å²) in [7, 11) is 0. The minimum atomic E-state index is -1.24. The Labute approximate surface area is 117 Å². The molecule has 0 fully saturated rings. The summed E-state index contributed by atoms with van der Waals surface area (Å²) in [4.78, 5) is 10.6. The van der Waals surface area contributed by atoms with Gasteiger partial charge in [0.25, 0.3) is 0 Å². The van der Waals surface area contributed by atoms with Crippen LogP contribution in [0.25, 0.3) is 0 Å². The number of carboxylic acid groups (broad SMARTS) is 1. The van der Waals surface area contributed by atoms with E-state index in [1.54, 1.807) is 24.3 Å². The summed E-state index contributed by atoms with van der Waals surface area (Å²) in [5.74, 6) is -0.0783. The van der Waals surface area contributed by atoms with E-state index in [1.165, 1.54) is 6.92 Å². The molecule has 0 aromatic heterocycles. The predicted octanol–water partition coefficient (Wildman–Crippen LogP) is 1.78. The molecule has 0 bridgehead atoms. The van der Waals surface area contributed by atoms with Gasteiger partial charge in [-0.25, -0.2) is 0 Å². The molecule has 0 saturated carbocycles. The molecule has 0 aliphatic heterocycles. The largest absolute Gasteiger partial charge is 0.546 e. The molecule has 0 spiro atoms. The topological polar surface area (TPSA) is 58.6 Å². The van der Waals surface area contributed by atoms with Crippen LogP contribution in [0.3, 0.4) is 0 Å². The van der Waals surface area contributed by atoms with Gasteiger partial charge in [0.2, 0.25) is 0 Å². The maximum absolute atomic E-state index is 10.6. The number of benzene rings is 2. The molecule has 0 heterocycles. The molecular formula is C16H15O4-. The van der Waals surface area contributed by atoms with Gasteiger partial charge in [0.1, 0.15) is 24.2 Å². The zero-order valence-corrected chi connectivity index (χ0v) is 11.1. The molecule has 2 aromatic rings. The second-order valence-corrected chi connectivity index (χ2v) is 4.32. The van der Waals surface area contributed by atoms with E-state index < -0.39 is 12.1 Å². The number of hydrogen-bond acceptors (Lipinski definition) is 4. The highest BCUT2D eigenvalue weighted by molar-refractivity contribution is 5.69. The van der Waals surface area contributed by atoms with E-state index in [1.807, 2.05) is 30.3 Å². The van der Waals surface area contributed by atoms with Crippen LogP contribution in [0.1, 0.15) is 12.5 Å². The highest BCUT2D eigenvalue weighted by Gasteiger charge is 2.04. The van der Waals surface area contributed by atoms with Gasteiger partial charge in [-0.05, 0) is 36.8 Å². The average Bonchev–Trinajstić information content (AvgIpc) is 2.47. The molecule has 0 unspecified atom stereocenters. The number of carbonyl (C=O) groups excluding carboxylic acids is 1. The molecule has 20 heavy (non-hydrogen) atoms. The molecule has 4 heteroatoms. The number of hydrogen-bond donors (Lipinski definition) is 0. The zero-order chi connectivity index (χ0) is 14.4. The fourth-order valence-corrected chi connectivity index (χ4v) is 1.61. The molecule has 0 amide bonds. The summed E-state index contributed by atoms with van der Waals surface area (Å²) in [5.41, 5.74) is 1.08. The van der Waals surface area contributed by atoms with Crippen LogP contribution in [0.4, 0.5) is 0 Å². The van der Waals surface area contributed by atoms with Crippen molar-refractivity contribution in [1.82, 2.24) is 0 Å². The standard InChI is InChI=1S/C16H16O4/c1-12(16(17)18)20-15-9-7-14(8-10-15)19-11-13-5-3-2-4-6-13/h2-10,12H,11H2,1H3,(H,17,18)/p-1/t12-/m0/s1. The first-order valence-electron chi connectivity index (χ1n) is 6.29. The third-order valence-electron chi connectivity index (χ3n) is 2.72. The van der Waals surface area contributed by atoms with Crippen molar-refractivity contribution in [3.63, 3.8) is 0 Å². The molecule has 0 saturated heterocycles. The first-order valence-corrected chi connectivity index (χ1v) is 6.29. The lowest BCUT2D eigenvalue weighted by Crippen LogP contribution is -2.37. The molecule has 0 aliphatic carbocycles. The quantitative estimate of drug-likeness (QED) is 0.803. The summed E-state index contributed by atoms with van der Waals surface area (Å²) < 4.78 is 10.8. The smallest absolute Gasteiger partial charge is 0.135 e. The second kappa shape index (κ2) is 6.61. The number of rotatable bonds is 6. The van der Waals surface area contributed by atoms with Gasteiger partial charge in [-0.2, -0.15) is 0 Å². The third-order valence-corrected chi connectivity index (χ3v) is 2.72. The zero-order valence-electron chi connectivity index (χ0n) is 11.1. The van der Waals surface area contributed by atoms with Crippen molar-refractivity contribution in [2.24, 2.45) is 0 Å². The van der Waals surface area contributed by atoms with Crippen LogP contribution in [-0.4, -0.2) is 12.1 Å². The average molecular weight is 271 g/mol. The lowest BCUT2D eigenvalue weighted by atomic mass is 10.2. The SMILES string of the molecule is C[C@H](Oc1ccc(OCc2ccccc2)cc1)C(=O)[O-]. The van der Waals surface area contributed by atoms with Crippen molar-refractivity contribution in [1.29, 1.82) is 0 Å². The van der Waals surface area contributed by atoms with E-state index in [4.69, 9.17) is 9.47 Å². The molecule has 0 radical (unpaired) electrons. The Kier molecular flexibility index (Phi) is 4.60. The van der Waals surface area contributed by atoms with Crippen LogP contribution in [0.5, 0.6) is 11.5 Å². The van der Waals surface area contributed by atoms with Crippen LogP contribution >= 0.6 is 0 Å². The van der Waals surface area contributed by atoms with E-state index in [2.05, 4.69) is 0 Å². The van der Waals surface area contributed by atoms with Crippen molar-refractivity contribution in [3.05, 3.63) is 60.2 Å². The van der Waals surface area contributed by atoms with E-state index in [0.717, 1.165) is 5.56 Å². The van der Waals surface area contributed by atoms with E-state index in [9.17, 15) is 9.90 Å². The van der Waals surface area contributed by atoms with Gasteiger partial charge in [-0.15, -0.1) is 0 Å². The highest BCUT2D eigenvalue weighted by Crippen LogP contribution is 2.19. The van der Waals surface area contributed by atoms with Gasteiger partial charge in [0.05, 0.1) is 5.97 Å². The van der Waals surface area contributed by atoms with Gasteiger partial charge in [-0.1, -0.05) is 30.3 Å². The minimum absolute atomic E-state index is 0.466. The third kappa shape index (κ3) is 4.02. The highest BCUT2D eigenvalue weighted by atomic mass is 16.5. The van der Waals surface area contributed by atoms with Crippen molar-refractivity contribution in [2.45, 2.75) is 19.6 Å². The van der Waals surface area contributed by atoms with Crippen LogP contribution < -0.4 is 14.6 Å². The van der Waals surface area contributed by atoms with Gasteiger partial charge < -0.3 is 19.4 Å². The monoisotopic (exact) mass is 271 g/mol. The summed E-state index contributed by atoms with van der Waals surface area (Å²) in [5, 5.41) is 10.6. The Balaban J connectivity index is 1.90. The van der Waals surface area contributed by atoms with Crippen molar-refractivity contribution in [2.75, 3.05) is 0 Å². The summed E-state index contributed by atoms with van der Waals surface area (Å²) in [6.45, 7) is 1.91. The lowest BCUT2D eigenvalue weighted by molar-refractivity contribution is -0.312. The molecule has 2 rings (SSSR count). The number of carboxylic acids is 1. The molecular weight excluding hydrogens is 256 g/mol. The van der Waals surface area contributed by atoms with E-state index in [0.29, 0.717) is 18.1 Å². The molecule has 0 N–H and O–H groups in total. The summed E-state index contributed by atoms with van der Waals surface area (Å²) >= 11 is 0. The van der Waals surface area contributed by atoms with Gasteiger partial charge in [-0.3, -0.25) is 0 Å². The fourth-order valence-electron chi connectivity index (χ4n) is 1.61. The number of ether oxygens (including phenoxy) is 2. The van der Waals surface area contributed by atoms with Gasteiger partial charge >= 0.3 is 0 Å². The molecule has 0 aliphatic rings. The van der Waals surface area contributed by atoms with Crippen molar-refractivity contribution in [3.8, 4) is 11.5 Å². The first-order chi connectivity index (χ1) is 9.65. The Hall–Kier alpha value is -2.49. The van der Waals surface area contributed by atoms with Crippen molar-refractivity contribution < 1.29 is 19.4 Å². The Bertz CT molecular complexity index is 548. The predicted molar refractivity (Wildman–Crippen MR) is 72.3 cm³/mol. The number of aliphatic carboxylic acids is 1. The normalized spacial score (nSPS) is 11.7. The second-order valence-electron chi connectivity index (χ2n) is 4.32. The van der Waals surface area contributed by atoms with E-state index >= 15 is 0 Å². The fraction of sp³-hybridized carbons (Fsp3) is 0.188. The Morgan fingerprint density at radius 2 is 1.65 bits per heavy atom. The maximum Gasteiger partial charge on any atom is 0.135 e. The summed E-state index contributed by atoms with van der Waals surface area (Å²) in [6, 6.07) is 16.6. The van der Waals surface area contributed by atoms with Crippen LogP contribution in [-0.2, 0) is 11.4 Å². The molecule has 104 valence electrons. The summed E-state index contributed by atoms with van der Waals surface area (Å²) in [6.07, 6.45) is -0.980. The van der Waals surface area contributed by atoms with Gasteiger partial charge in [0, 0.05) is 0 Å².